The van der Waals surface area contributed by atoms with E-state index in [0.717, 1.165) is 4.68 Å². The summed E-state index contributed by atoms with van der Waals surface area (Å²) in [6, 6.07) is 2.63. The van der Waals surface area contributed by atoms with Crippen LogP contribution in [0.25, 0.3) is 0 Å². The smallest absolute Gasteiger partial charge is 0.271 e. The Morgan fingerprint density at radius 3 is 3.00 bits per heavy atom. The average molecular weight is 267 g/mol. The van der Waals surface area contributed by atoms with E-state index in [1.807, 2.05) is 0 Å². The number of hydrogen-bond donors (Lipinski definition) is 2. The summed E-state index contributed by atoms with van der Waals surface area (Å²) in [7, 11) is 1.47. The molecule has 0 radical (unpaired) electrons. The van der Waals surface area contributed by atoms with E-state index in [-0.39, 0.29) is 23.9 Å². The number of carbonyl (C=O) groups is 1. The maximum Gasteiger partial charge on any atom is 0.271 e. The van der Waals surface area contributed by atoms with Crippen LogP contribution in [0, 0.1) is 0 Å². The van der Waals surface area contributed by atoms with Crippen LogP contribution in [-0.4, -0.2) is 45.7 Å². The molecular formula is C12H17N3O4. The third-order valence-electron chi connectivity index (χ3n) is 3.41. The van der Waals surface area contributed by atoms with Gasteiger partial charge < -0.3 is 15.2 Å². The van der Waals surface area contributed by atoms with Crippen molar-refractivity contribution >= 4 is 5.91 Å². The molecule has 7 heteroatoms. The zero-order valence-electron chi connectivity index (χ0n) is 10.9. The zero-order valence-corrected chi connectivity index (χ0v) is 10.9. The van der Waals surface area contributed by atoms with Crippen LogP contribution in [0.3, 0.4) is 0 Å². The van der Waals surface area contributed by atoms with Crippen LogP contribution in [0.4, 0.5) is 0 Å². The highest BCUT2D eigenvalue weighted by Crippen LogP contribution is 2.24. The van der Waals surface area contributed by atoms with Gasteiger partial charge in [0.05, 0.1) is 6.10 Å². The molecule has 0 aromatic carbocycles. The summed E-state index contributed by atoms with van der Waals surface area (Å²) in [6.07, 6.45) is 0.163. The van der Waals surface area contributed by atoms with Gasteiger partial charge in [-0.05, 0) is 13.0 Å². The molecule has 1 saturated heterocycles. The normalized spacial score (nSPS) is 26.4. The number of aliphatic hydroxyl groups is 1. The van der Waals surface area contributed by atoms with Gasteiger partial charge in [-0.15, -0.1) is 0 Å². The van der Waals surface area contributed by atoms with Crippen LogP contribution in [0.2, 0.25) is 0 Å². The first-order valence-corrected chi connectivity index (χ1v) is 6.09. The molecule has 7 nitrogen and oxygen atoms in total. The van der Waals surface area contributed by atoms with Crippen molar-refractivity contribution in [1.29, 1.82) is 0 Å². The third kappa shape index (κ3) is 2.82. The zero-order chi connectivity index (χ0) is 14.0. The topological polar surface area (TPSA) is 93.5 Å². The molecule has 0 bridgehead atoms. The van der Waals surface area contributed by atoms with Gasteiger partial charge in [-0.2, -0.15) is 5.10 Å². The summed E-state index contributed by atoms with van der Waals surface area (Å²) in [5.74, 6) is -0.428. The van der Waals surface area contributed by atoms with Crippen LogP contribution < -0.4 is 10.9 Å². The largest absolute Gasteiger partial charge is 0.385 e. The molecule has 1 aliphatic rings. The molecule has 0 aliphatic carbocycles. The molecular weight excluding hydrogens is 250 g/mol. The van der Waals surface area contributed by atoms with Crippen LogP contribution in [0.5, 0.6) is 0 Å². The molecule has 1 aromatic heterocycles. The number of amides is 1. The fourth-order valence-electron chi connectivity index (χ4n) is 1.95. The van der Waals surface area contributed by atoms with Gasteiger partial charge >= 0.3 is 0 Å². The van der Waals surface area contributed by atoms with Crippen LogP contribution in [0.15, 0.2) is 16.9 Å². The first-order valence-electron chi connectivity index (χ1n) is 6.09. The van der Waals surface area contributed by atoms with Gasteiger partial charge in [-0.1, -0.05) is 0 Å². The van der Waals surface area contributed by atoms with E-state index in [4.69, 9.17) is 4.74 Å². The first-order chi connectivity index (χ1) is 8.92. The highest BCUT2D eigenvalue weighted by Gasteiger charge is 2.39. The first kappa shape index (κ1) is 13.7. The lowest BCUT2D eigenvalue weighted by molar-refractivity contribution is -0.0252. The standard InChI is InChI=1S/C12H17N3O4/c1-8-12(18,5-6-19-8)7-13-11(17)9-3-4-10(16)15(2)14-9/h3-4,8,18H,5-7H2,1-2H3,(H,13,17). The molecule has 2 unspecified atom stereocenters. The summed E-state index contributed by atoms with van der Waals surface area (Å²) >= 11 is 0. The SMILES string of the molecule is CC1OCCC1(O)CNC(=O)c1ccc(=O)n(C)n1. The van der Waals surface area contributed by atoms with Gasteiger partial charge in [0.1, 0.15) is 11.3 Å². The number of nitrogens with zero attached hydrogens (tertiary/aromatic N) is 2. The van der Waals surface area contributed by atoms with Crippen molar-refractivity contribution in [3.63, 3.8) is 0 Å². The second-order valence-corrected chi connectivity index (χ2v) is 4.73. The van der Waals surface area contributed by atoms with Gasteiger partial charge in [-0.25, -0.2) is 4.68 Å². The molecule has 1 aromatic rings. The van der Waals surface area contributed by atoms with Crippen molar-refractivity contribution in [2.45, 2.75) is 25.0 Å². The Morgan fingerprint density at radius 2 is 2.42 bits per heavy atom. The van der Waals surface area contributed by atoms with Crippen molar-refractivity contribution in [2.75, 3.05) is 13.2 Å². The van der Waals surface area contributed by atoms with E-state index < -0.39 is 11.5 Å². The molecule has 2 N–H and O–H groups in total. The number of aryl methyl sites for hydroxylation is 1. The average Bonchev–Trinajstić information content (AvgIpc) is 2.71. The molecule has 104 valence electrons. The summed E-state index contributed by atoms with van der Waals surface area (Å²) in [6.45, 7) is 2.34. The lowest BCUT2D eigenvalue weighted by atomic mass is 9.97. The lowest BCUT2D eigenvalue weighted by Crippen LogP contribution is -2.47. The van der Waals surface area contributed by atoms with Gasteiger partial charge in [0.25, 0.3) is 11.5 Å². The van der Waals surface area contributed by atoms with Crippen molar-refractivity contribution < 1.29 is 14.6 Å². The van der Waals surface area contributed by atoms with Crippen molar-refractivity contribution in [1.82, 2.24) is 15.1 Å². The Kier molecular flexibility index (Phi) is 3.68. The molecule has 1 amide bonds. The summed E-state index contributed by atoms with van der Waals surface area (Å²) in [5, 5.41) is 16.7. The van der Waals surface area contributed by atoms with E-state index in [0.29, 0.717) is 13.0 Å². The highest BCUT2D eigenvalue weighted by molar-refractivity contribution is 5.92. The molecule has 0 saturated carbocycles. The molecule has 2 rings (SSSR count). The predicted octanol–water partition coefficient (Wildman–Crippen LogP) is -0.950. The molecule has 0 spiro atoms. The number of ether oxygens (including phenoxy) is 1. The highest BCUT2D eigenvalue weighted by atomic mass is 16.5. The molecule has 19 heavy (non-hydrogen) atoms. The van der Waals surface area contributed by atoms with Gasteiger partial charge in [0.2, 0.25) is 0 Å². The third-order valence-corrected chi connectivity index (χ3v) is 3.41. The van der Waals surface area contributed by atoms with Crippen LogP contribution >= 0.6 is 0 Å². The monoisotopic (exact) mass is 267 g/mol. The number of hydrogen-bond acceptors (Lipinski definition) is 5. The second kappa shape index (κ2) is 5.10. The molecule has 1 fully saturated rings. The summed E-state index contributed by atoms with van der Waals surface area (Å²) < 4.78 is 6.37. The maximum atomic E-state index is 11.9. The van der Waals surface area contributed by atoms with E-state index in [1.165, 1.54) is 19.2 Å². The minimum Gasteiger partial charge on any atom is -0.385 e. The van der Waals surface area contributed by atoms with E-state index in [2.05, 4.69) is 10.4 Å². The summed E-state index contributed by atoms with van der Waals surface area (Å²) in [5.41, 5.74) is -1.19. The van der Waals surface area contributed by atoms with Gasteiger partial charge in [-0.3, -0.25) is 9.59 Å². The molecule has 2 heterocycles. The second-order valence-electron chi connectivity index (χ2n) is 4.73. The number of rotatable bonds is 3. The summed E-state index contributed by atoms with van der Waals surface area (Å²) in [4.78, 5) is 23.0. The lowest BCUT2D eigenvalue weighted by Gasteiger charge is -2.25. The maximum absolute atomic E-state index is 11.9. The number of nitrogens with one attached hydrogen (secondary N) is 1. The molecule has 1 aliphatic heterocycles. The van der Waals surface area contributed by atoms with Gasteiger partial charge in [0.15, 0.2) is 0 Å². The number of carbonyl (C=O) groups excluding carboxylic acids is 1. The Bertz CT molecular complexity index is 542. The number of aromatic nitrogens is 2. The van der Waals surface area contributed by atoms with Gasteiger partial charge in [0, 0.05) is 32.7 Å². The van der Waals surface area contributed by atoms with Crippen molar-refractivity contribution in [3.8, 4) is 0 Å². The van der Waals surface area contributed by atoms with E-state index in [1.54, 1.807) is 6.92 Å². The van der Waals surface area contributed by atoms with E-state index in [9.17, 15) is 14.7 Å². The Labute approximate surface area is 110 Å². The van der Waals surface area contributed by atoms with Crippen LogP contribution in [-0.2, 0) is 11.8 Å². The Morgan fingerprint density at radius 1 is 1.68 bits per heavy atom. The molecule has 2 atom stereocenters. The van der Waals surface area contributed by atoms with Crippen LogP contribution in [0.1, 0.15) is 23.8 Å². The Hall–Kier alpha value is -1.73. The Balaban J connectivity index is 2.01. The van der Waals surface area contributed by atoms with E-state index >= 15 is 0 Å². The fourth-order valence-corrected chi connectivity index (χ4v) is 1.95. The quantitative estimate of drug-likeness (QED) is 0.736. The predicted molar refractivity (Wildman–Crippen MR) is 66.8 cm³/mol. The minimum atomic E-state index is -1.05. The van der Waals surface area contributed by atoms with Crippen molar-refractivity contribution in [2.24, 2.45) is 7.05 Å². The minimum absolute atomic E-state index is 0.0948. The fraction of sp³-hybridized carbons (Fsp3) is 0.583. The van der Waals surface area contributed by atoms with Crippen molar-refractivity contribution in [3.05, 3.63) is 28.2 Å².